The molecule has 0 bridgehead atoms. The maximum Gasteiger partial charge on any atom is 0.0940 e. The van der Waals surface area contributed by atoms with E-state index in [2.05, 4.69) is 24.1 Å². The summed E-state index contributed by atoms with van der Waals surface area (Å²) in [6.07, 6.45) is 8.39. The van der Waals surface area contributed by atoms with Gasteiger partial charge in [-0.15, -0.1) is 11.3 Å². The van der Waals surface area contributed by atoms with Crippen LogP contribution in [0.5, 0.6) is 0 Å². The van der Waals surface area contributed by atoms with Gasteiger partial charge in [0.2, 0.25) is 0 Å². The number of aromatic nitrogens is 1. The molecular formula is C13H22N2S. The van der Waals surface area contributed by atoms with Gasteiger partial charge >= 0.3 is 0 Å². The highest BCUT2D eigenvalue weighted by Crippen LogP contribution is 2.24. The number of aryl methyl sites for hydroxylation is 1. The van der Waals surface area contributed by atoms with Crippen molar-refractivity contribution in [2.24, 2.45) is 5.92 Å². The molecule has 0 amide bonds. The van der Waals surface area contributed by atoms with Crippen molar-refractivity contribution >= 4 is 11.3 Å². The predicted molar refractivity (Wildman–Crippen MR) is 70.0 cm³/mol. The van der Waals surface area contributed by atoms with E-state index in [9.17, 15) is 0 Å². The minimum Gasteiger partial charge on any atom is -0.313 e. The molecule has 1 N–H and O–H groups in total. The highest BCUT2D eigenvalue weighted by Gasteiger charge is 2.22. The summed E-state index contributed by atoms with van der Waals surface area (Å²) in [5, 5.41) is 4.96. The van der Waals surface area contributed by atoms with Gasteiger partial charge in [0.15, 0.2) is 0 Å². The van der Waals surface area contributed by atoms with Gasteiger partial charge in [0.05, 0.1) is 5.01 Å². The van der Waals surface area contributed by atoms with Crippen LogP contribution in [0.25, 0.3) is 0 Å². The molecule has 1 aromatic rings. The fraction of sp³-hybridized carbons (Fsp3) is 0.769. The molecule has 1 saturated carbocycles. The van der Waals surface area contributed by atoms with Crippen molar-refractivity contribution in [3.8, 4) is 0 Å². The van der Waals surface area contributed by atoms with Crippen LogP contribution >= 0.6 is 11.3 Å². The average Bonchev–Trinajstić information content (AvgIpc) is 2.89. The zero-order chi connectivity index (χ0) is 11.4. The fourth-order valence-electron chi connectivity index (χ4n) is 2.44. The molecule has 2 atom stereocenters. The van der Waals surface area contributed by atoms with E-state index in [-0.39, 0.29) is 0 Å². The zero-order valence-electron chi connectivity index (χ0n) is 10.3. The van der Waals surface area contributed by atoms with Crippen LogP contribution in [0.4, 0.5) is 0 Å². The summed E-state index contributed by atoms with van der Waals surface area (Å²) in [7, 11) is 0. The van der Waals surface area contributed by atoms with E-state index in [1.54, 1.807) is 0 Å². The number of rotatable bonds is 5. The number of hydrogen-bond acceptors (Lipinski definition) is 3. The van der Waals surface area contributed by atoms with Crippen LogP contribution in [-0.2, 0) is 12.8 Å². The summed E-state index contributed by atoms with van der Waals surface area (Å²) in [6.45, 7) is 5.64. The maximum absolute atomic E-state index is 4.45. The van der Waals surface area contributed by atoms with Crippen molar-refractivity contribution in [2.75, 3.05) is 6.54 Å². The standard InChI is InChI=1S/C13H22N2S/c1-3-11-9-15-13(16-11)7-8-14-12-6-4-5-10(12)2/h9-10,12,14H,3-8H2,1-2H3. The van der Waals surface area contributed by atoms with Gasteiger partial charge in [0, 0.05) is 30.1 Å². The van der Waals surface area contributed by atoms with Gasteiger partial charge in [-0.05, 0) is 25.2 Å². The van der Waals surface area contributed by atoms with Gasteiger partial charge in [-0.3, -0.25) is 0 Å². The van der Waals surface area contributed by atoms with Crippen LogP contribution in [0.2, 0.25) is 0 Å². The van der Waals surface area contributed by atoms with Crippen LogP contribution < -0.4 is 5.32 Å². The monoisotopic (exact) mass is 238 g/mol. The molecule has 2 nitrogen and oxygen atoms in total. The minimum atomic E-state index is 0.755. The molecule has 16 heavy (non-hydrogen) atoms. The lowest BCUT2D eigenvalue weighted by Crippen LogP contribution is -2.32. The zero-order valence-corrected chi connectivity index (χ0v) is 11.1. The number of thiazole rings is 1. The van der Waals surface area contributed by atoms with Crippen molar-refractivity contribution in [1.29, 1.82) is 0 Å². The Morgan fingerprint density at radius 2 is 2.38 bits per heavy atom. The van der Waals surface area contributed by atoms with Gasteiger partial charge in [-0.2, -0.15) is 0 Å². The van der Waals surface area contributed by atoms with Crippen LogP contribution in [0, 0.1) is 5.92 Å². The summed E-state index contributed by atoms with van der Waals surface area (Å²) < 4.78 is 0. The normalized spacial score (nSPS) is 25.1. The molecule has 1 aliphatic carbocycles. The van der Waals surface area contributed by atoms with Crippen molar-refractivity contribution in [2.45, 2.75) is 52.0 Å². The first kappa shape index (κ1) is 12.1. The van der Waals surface area contributed by atoms with Crippen LogP contribution in [0.3, 0.4) is 0 Å². The van der Waals surface area contributed by atoms with Crippen LogP contribution in [-0.4, -0.2) is 17.6 Å². The molecule has 0 aromatic carbocycles. The molecule has 1 fully saturated rings. The van der Waals surface area contributed by atoms with E-state index < -0.39 is 0 Å². The molecule has 0 saturated heterocycles. The van der Waals surface area contributed by atoms with Crippen molar-refractivity contribution < 1.29 is 0 Å². The van der Waals surface area contributed by atoms with E-state index >= 15 is 0 Å². The van der Waals surface area contributed by atoms with Gasteiger partial charge in [-0.1, -0.05) is 20.3 Å². The Kier molecular flexibility index (Phi) is 4.36. The third kappa shape index (κ3) is 3.05. The number of hydrogen-bond donors (Lipinski definition) is 1. The first-order chi connectivity index (χ1) is 7.79. The molecule has 2 unspecified atom stereocenters. The molecule has 0 radical (unpaired) electrons. The first-order valence-electron chi connectivity index (χ1n) is 6.46. The molecule has 1 aromatic heterocycles. The number of nitrogens with zero attached hydrogens (tertiary/aromatic N) is 1. The molecule has 0 aliphatic heterocycles. The summed E-state index contributed by atoms with van der Waals surface area (Å²) in [4.78, 5) is 5.86. The van der Waals surface area contributed by atoms with E-state index in [1.165, 1.54) is 29.1 Å². The topological polar surface area (TPSA) is 24.9 Å². The quantitative estimate of drug-likeness (QED) is 0.853. The van der Waals surface area contributed by atoms with Crippen LogP contribution in [0.1, 0.15) is 43.0 Å². The highest BCUT2D eigenvalue weighted by atomic mass is 32.1. The number of nitrogens with one attached hydrogen (secondary N) is 1. The maximum atomic E-state index is 4.45. The Morgan fingerprint density at radius 1 is 1.50 bits per heavy atom. The van der Waals surface area contributed by atoms with E-state index in [4.69, 9.17) is 0 Å². The second-order valence-electron chi connectivity index (χ2n) is 4.79. The van der Waals surface area contributed by atoms with Crippen molar-refractivity contribution in [1.82, 2.24) is 10.3 Å². The summed E-state index contributed by atoms with van der Waals surface area (Å²) in [5.41, 5.74) is 0. The first-order valence-corrected chi connectivity index (χ1v) is 7.28. The van der Waals surface area contributed by atoms with Crippen molar-refractivity contribution in [3.63, 3.8) is 0 Å². The Labute approximate surface area is 102 Å². The molecule has 1 heterocycles. The van der Waals surface area contributed by atoms with Gasteiger partial charge in [0.25, 0.3) is 0 Å². The summed E-state index contributed by atoms with van der Waals surface area (Å²) in [6, 6.07) is 0.755. The lowest BCUT2D eigenvalue weighted by atomic mass is 10.1. The second-order valence-corrected chi connectivity index (χ2v) is 5.99. The van der Waals surface area contributed by atoms with E-state index in [0.717, 1.165) is 31.3 Å². The van der Waals surface area contributed by atoms with Crippen molar-refractivity contribution in [3.05, 3.63) is 16.1 Å². The molecule has 2 rings (SSSR count). The Bertz CT molecular complexity index is 321. The molecule has 90 valence electrons. The highest BCUT2D eigenvalue weighted by molar-refractivity contribution is 7.11. The SMILES string of the molecule is CCc1cnc(CCNC2CCCC2C)s1. The lowest BCUT2D eigenvalue weighted by molar-refractivity contribution is 0.430. The summed E-state index contributed by atoms with van der Waals surface area (Å²) >= 11 is 1.87. The Balaban J connectivity index is 1.71. The van der Waals surface area contributed by atoms with Gasteiger partial charge in [-0.25, -0.2) is 4.98 Å². The predicted octanol–water partition coefficient (Wildman–Crippen LogP) is 3.03. The third-order valence-electron chi connectivity index (χ3n) is 3.56. The lowest BCUT2D eigenvalue weighted by Gasteiger charge is -2.16. The smallest absolute Gasteiger partial charge is 0.0940 e. The van der Waals surface area contributed by atoms with Gasteiger partial charge in [0.1, 0.15) is 0 Å². The fourth-order valence-corrected chi connectivity index (χ4v) is 3.30. The second kappa shape index (κ2) is 5.78. The summed E-state index contributed by atoms with van der Waals surface area (Å²) in [5.74, 6) is 0.863. The van der Waals surface area contributed by atoms with E-state index in [1.807, 2.05) is 17.5 Å². The molecule has 1 aliphatic rings. The Morgan fingerprint density at radius 3 is 3.00 bits per heavy atom. The van der Waals surface area contributed by atoms with Crippen LogP contribution in [0.15, 0.2) is 6.20 Å². The molecule has 0 spiro atoms. The Hall–Kier alpha value is -0.410. The van der Waals surface area contributed by atoms with E-state index in [0.29, 0.717) is 0 Å². The third-order valence-corrected chi connectivity index (χ3v) is 4.76. The largest absolute Gasteiger partial charge is 0.313 e. The molecule has 3 heteroatoms. The molecular weight excluding hydrogens is 216 g/mol. The van der Waals surface area contributed by atoms with Gasteiger partial charge < -0.3 is 5.32 Å². The average molecular weight is 238 g/mol. The minimum absolute atomic E-state index is 0.755.